The van der Waals surface area contributed by atoms with E-state index < -0.39 is 10.7 Å². The molecule has 2 aromatic rings. The first-order valence-corrected chi connectivity index (χ1v) is 6.72. The van der Waals surface area contributed by atoms with Crippen LogP contribution >= 0.6 is 11.8 Å². The molecule has 8 heteroatoms. The van der Waals surface area contributed by atoms with Crippen LogP contribution in [0.4, 0.5) is 14.5 Å². The quantitative estimate of drug-likeness (QED) is 0.483. The van der Waals surface area contributed by atoms with Gasteiger partial charge in [0.1, 0.15) is 0 Å². The second-order valence-electron chi connectivity index (χ2n) is 4.13. The van der Waals surface area contributed by atoms with Gasteiger partial charge in [0.15, 0.2) is 0 Å². The van der Waals surface area contributed by atoms with Crippen molar-refractivity contribution in [2.45, 2.75) is 17.2 Å². The largest absolute Gasteiger partial charge is 0.304 e. The molecule has 0 fully saturated rings. The summed E-state index contributed by atoms with van der Waals surface area (Å²) >= 11 is 0.432. The maximum absolute atomic E-state index is 12.2. The molecule has 0 saturated carbocycles. The molecule has 0 amide bonds. The number of benzene rings is 1. The van der Waals surface area contributed by atoms with Crippen LogP contribution in [0, 0.1) is 10.1 Å². The molecule has 0 spiro atoms. The molecule has 0 aliphatic heterocycles. The molecule has 0 aliphatic carbocycles. The highest BCUT2D eigenvalue weighted by atomic mass is 32.2. The Hall–Kier alpha value is -2.22. The number of nitro groups is 1. The van der Waals surface area contributed by atoms with Crippen molar-refractivity contribution in [1.29, 1.82) is 0 Å². The normalized spacial score (nSPS) is 10.8. The van der Waals surface area contributed by atoms with Gasteiger partial charge in [0, 0.05) is 17.0 Å². The van der Waals surface area contributed by atoms with Gasteiger partial charge in [-0.25, -0.2) is 0 Å². The number of hydrogen-bond acceptors (Lipinski definition) is 4. The van der Waals surface area contributed by atoms with Crippen LogP contribution in [0.2, 0.25) is 0 Å². The summed E-state index contributed by atoms with van der Waals surface area (Å²) in [5.41, 5.74) is 0.141. The van der Waals surface area contributed by atoms with Crippen LogP contribution in [-0.4, -0.2) is 15.2 Å². The van der Waals surface area contributed by atoms with Crippen molar-refractivity contribution >= 4 is 17.4 Å². The zero-order chi connectivity index (χ0) is 15.4. The first-order valence-electron chi connectivity index (χ1n) is 5.84. The van der Waals surface area contributed by atoms with Crippen LogP contribution in [0.15, 0.2) is 52.3 Å². The van der Waals surface area contributed by atoms with Crippen molar-refractivity contribution in [3.05, 3.63) is 68.6 Å². The Bertz CT molecular complexity index is 701. The molecule has 0 radical (unpaired) electrons. The van der Waals surface area contributed by atoms with Gasteiger partial charge in [-0.2, -0.15) is 8.78 Å². The van der Waals surface area contributed by atoms with Gasteiger partial charge in [0.25, 0.3) is 17.0 Å². The van der Waals surface area contributed by atoms with Crippen molar-refractivity contribution in [2.75, 3.05) is 0 Å². The van der Waals surface area contributed by atoms with E-state index in [0.29, 0.717) is 22.2 Å². The first-order chi connectivity index (χ1) is 9.95. The SMILES string of the molecule is O=c1ccc([N+](=O)[O-])cn1Cc1ccc(SC(F)F)cc1. The lowest BCUT2D eigenvalue weighted by atomic mass is 10.2. The van der Waals surface area contributed by atoms with Gasteiger partial charge in [-0.3, -0.25) is 14.9 Å². The van der Waals surface area contributed by atoms with Gasteiger partial charge >= 0.3 is 0 Å². The van der Waals surface area contributed by atoms with E-state index in [1.807, 2.05) is 0 Å². The Kier molecular flexibility index (Phi) is 4.69. The van der Waals surface area contributed by atoms with Crippen LogP contribution in [-0.2, 0) is 6.54 Å². The highest BCUT2D eigenvalue weighted by Crippen LogP contribution is 2.25. The van der Waals surface area contributed by atoms with Crippen LogP contribution in [0.25, 0.3) is 0 Å². The predicted octanol–water partition coefficient (Wildman–Crippen LogP) is 3.12. The lowest BCUT2D eigenvalue weighted by molar-refractivity contribution is -0.385. The van der Waals surface area contributed by atoms with Crippen LogP contribution < -0.4 is 5.56 Å². The fourth-order valence-corrected chi connectivity index (χ4v) is 2.22. The van der Waals surface area contributed by atoms with E-state index in [1.165, 1.54) is 16.7 Å². The molecular formula is C13H10F2N2O3S. The minimum absolute atomic E-state index is 0.139. The van der Waals surface area contributed by atoms with Gasteiger partial charge in [-0.1, -0.05) is 23.9 Å². The van der Waals surface area contributed by atoms with Crippen molar-refractivity contribution in [2.24, 2.45) is 0 Å². The molecule has 0 aliphatic rings. The minimum atomic E-state index is -2.49. The molecule has 0 unspecified atom stereocenters. The van der Waals surface area contributed by atoms with Gasteiger partial charge in [0.2, 0.25) is 0 Å². The molecule has 0 saturated heterocycles. The van der Waals surface area contributed by atoms with E-state index in [4.69, 9.17) is 0 Å². The average Bonchev–Trinajstić information content (AvgIpc) is 2.42. The molecule has 21 heavy (non-hydrogen) atoms. The summed E-state index contributed by atoms with van der Waals surface area (Å²) in [6.45, 7) is 0.139. The Labute approximate surface area is 122 Å². The van der Waals surface area contributed by atoms with E-state index in [-0.39, 0.29) is 17.8 Å². The summed E-state index contributed by atoms with van der Waals surface area (Å²) in [7, 11) is 0. The first kappa shape index (κ1) is 15.2. The van der Waals surface area contributed by atoms with E-state index >= 15 is 0 Å². The molecule has 1 aromatic carbocycles. The number of aromatic nitrogens is 1. The summed E-state index contributed by atoms with van der Waals surface area (Å²) in [6, 6.07) is 8.52. The Morgan fingerprint density at radius 2 is 1.86 bits per heavy atom. The maximum Gasteiger partial charge on any atom is 0.288 e. The molecule has 2 rings (SSSR count). The third-order valence-electron chi connectivity index (χ3n) is 2.68. The maximum atomic E-state index is 12.2. The van der Waals surface area contributed by atoms with E-state index in [2.05, 4.69) is 0 Å². The van der Waals surface area contributed by atoms with Gasteiger partial charge < -0.3 is 4.57 Å². The summed E-state index contributed by atoms with van der Waals surface area (Å²) in [5, 5.41) is 10.7. The molecule has 110 valence electrons. The van der Waals surface area contributed by atoms with Crippen molar-refractivity contribution in [3.8, 4) is 0 Å². The standard InChI is InChI=1S/C13H10F2N2O3S/c14-13(15)21-11-4-1-9(2-5-11)7-16-8-10(17(19)20)3-6-12(16)18/h1-6,8,13H,7H2. The number of pyridine rings is 1. The number of thioether (sulfide) groups is 1. The lowest BCUT2D eigenvalue weighted by Crippen LogP contribution is -2.19. The number of alkyl halides is 2. The number of hydrogen-bond donors (Lipinski definition) is 0. The topological polar surface area (TPSA) is 65.1 Å². The summed E-state index contributed by atoms with van der Waals surface area (Å²) in [4.78, 5) is 22.2. The van der Waals surface area contributed by atoms with Gasteiger partial charge in [0.05, 0.1) is 17.7 Å². The van der Waals surface area contributed by atoms with Crippen LogP contribution in [0.5, 0.6) is 0 Å². The van der Waals surface area contributed by atoms with Gasteiger partial charge in [-0.05, 0) is 17.7 Å². The highest BCUT2D eigenvalue weighted by Gasteiger charge is 2.09. The predicted molar refractivity (Wildman–Crippen MR) is 74.8 cm³/mol. The highest BCUT2D eigenvalue weighted by molar-refractivity contribution is 7.99. The molecule has 1 heterocycles. The minimum Gasteiger partial charge on any atom is -0.304 e. The van der Waals surface area contributed by atoms with Crippen molar-refractivity contribution in [1.82, 2.24) is 4.57 Å². The fraction of sp³-hybridized carbons (Fsp3) is 0.154. The van der Waals surface area contributed by atoms with Crippen molar-refractivity contribution < 1.29 is 13.7 Å². The fourth-order valence-electron chi connectivity index (χ4n) is 1.72. The molecule has 0 bridgehead atoms. The Morgan fingerprint density at radius 3 is 2.43 bits per heavy atom. The molecule has 5 nitrogen and oxygen atoms in total. The zero-order valence-corrected chi connectivity index (χ0v) is 11.4. The Balaban J connectivity index is 2.20. The Morgan fingerprint density at radius 1 is 1.19 bits per heavy atom. The van der Waals surface area contributed by atoms with Crippen LogP contribution in [0.3, 0.4) is 0 Å². The summed E-state index contributed by atoms with van der Waals surface area (Å²) < 4.78 is 25.6. The number of rotatable bonds is 5. The third-order valence-corrected chi connectivity index (χ3v) is 3.40. The van der Waals surface area contributed by atoms with Gasteiger partial charge in [-0.15, -0.1) is 0 Å². The number of nitrogens with zero attached hydrogens (tertiary/aromatic N) is 2. The van der Waals surface area contributed by atoms with E-state index in [9.17, 15) is 23.7 Å². The van der Waals surface area contributed by atoms with E-state index in [0.717, 1.165) is 18.3 Å². The smallest absolute Gasteiger partial charge is 0.288 e. The molecule has 0 atom stereocenters. The second-order valence-corrected chi connectivity index (χ2v) is 5.20. The molecule has 1 aromatic heterocycles. The van der Waals surface area contributed by atoms with Crippen LogP contribution in [0.1, 0.15) is 5.56 Å². The monoisotopic (exact) mass is 312 g/mol. The third kappa shape index (κ3) is 4.12. The zero-order valence-electron chi connectivity index (χ0n) is 10.6. The molecule has 0 N–H and O–H groups in total. The number of halogens is 2. The lowest BCUT2D eigenvalue weighted by Gasteiger charge is -2.06. The summed E-state index contributed by atoms with van der Waals surface area (Å²) in [5.74, 6) is -2.49. The summed E-state index contributed by atoms with van der Waals surface area (Å²) in [6.07, 6.45) is 1.16. The molecular weight excluding hydrogens is 302 g/mol. The average molecular weight is 312 g/mol. The second kappa shape index (κ2) is 6.49. The van der Waals surface area contributed by atoms with Crippen molar-refractivity contribution in [3.63, 3.8) is 0 Å². The van der Waals surface area contributed by atoms with E-state index in [1.54, 1.807) is 12.1 Å².